The Morgan fingerprint density at radius 1 is 1.55 bits per heavy atom. The predicted molar refractivity (Wildman–Crippen MR) is 85.6 cm³/mol. The SMILES string of the molecule is C[C@@H](CN)NC(=O)Cc1csc(-c2cccc(Br)c2)n1. The molecule has 0 bridgehead atoms. The van der Waals surface area contributed by atoms with E-state index in [1.54, 1.807) is 11.3 Å². The third-order valence-corrected chi connectivity index (χ3v) is 4.16. The molecule has 1 atom stereocenters. The van der Waals surface area contributed by atoms with E-state index >= 15 is 0 Å². The van der Waals surface area contributed by atoms with Crippen LogP contribution in [0.1, 0.15) is 12.6 Å². The number of hydrogen-bond acceptors (Lipinski definition) is 4. The topological polar surface area (TPSA) is 68.0 Å². The van der Waals surface area contributed by atoms with Crippen LogP contribution in [0.15, 0.2) is 34.1 Å². The second-order valence-electron chi connectivity index (χ2n) is 4.54. The summed E-state index contributed by atoms with van der Waals surface area (Å²) >= 11 is 4.98. The van der Waals surface area contributed by atoms with E-state index in [1.807, 2.05) is 36.6 Å². The van der Waals surface area contributed by atoms with Gasteiger partial charge in [-0.25, -0.2) is 4.98 Å². The molecule has 0 radical (unpaired) electrons. The molecule has 1 heterocycles. The third-order valence-electron chi connectivity index (χ3n) is 2.73. The largest absolute Gasteiger partial charge is 0.352 e. The number of carbonyl (C=O) groups is 1. The molecule has 20 heavy (non-hydrogen) atoms. The lowest BCUT2D eigenvalue weighted by Gasteiger charge is -2.09. The zero-order valence-electron chi connectivity index (χ0n) is 11.1. The van der Waals surface area contributed by atoms with Gasteiger partial charge in [0.05, 0.1) is 12.1 Å². The number of nitrogens with zero attached hydrogens (tertiary/aromatic N) is 1. The lowest BCUT2D eigenvalue weighted by atomic mass is 10.2. The number of hydrogen-bond donors (Lipinski definition) is 2. The molecule has 0 spiro atoms. The second kappa shape index (κ2) is 6.97. The number of halogens is 1. The fraction of sp³-hybridized carbons (Fsp3) is 0.286. The normalized spacial score (nSPS) is 12.2. The third kappa shape index (κ3) is 4.13. The average Bonchev–Trinajstić information content (AvgIpc) is 2.87. The van der Waals surface area contributed by atoms with Crippen molar-refractivity contribution in [1.82, 2.24) is 10.3 Å². The fourth-order valence-corrected chi connectivity index (χ4v) is 2.91. The Morgan fingerprint density at radius 2 is 2.35 bits per heavy atom. The van der Waals surface area contributed by atoms with E-state index in [-0.39, 0.29) is 18.4 Å². The summed E-state index contributed by atoms with van der Waals surface area (Å²) in [6.45, 7) is 2.32. The molecular weight excluding hydrogens is 338 g/mol. The van der Waals surface area contributed by atoms with Crippen molar-refractivity contribution >= 4 is 33.2 Å². The van der Waals surface area contributed by atoms with E-state index in [2.05, 4.69) is 26.2 Å². The standard InChI is InChI=1S/C14H16BrN3OS/c1-9(7-16)17-13(19)6-12-8-20-14(18-12)10-3-2-4-11(15)5-10/h2-5,8-9H,6-7,16H2,1H3,(H,17,19)/t9-/m0/s1. The van der Waals surface area contributed by atoms with Gasteiger partial charge < -0.3 is 11.1 Å². The maximum Gasteiger partial charge on any atom is 0.226 e. The average molecular weight is 354 g/mol. The van der Waals surface area contributed by atoms with E-state index in [0.717, 1.165) is 20.7 Å². The summed E-state index contributed by atoms with van der Waals surface area (Å²) in [7, 11) is 0. The minimum absolute atomic E-state index is 0.00863. The lowest BCUT2D eigenvalue weighted by Crippen LogP contribution is -2.38. The van der Waals surface area contributed by atoms with Crippen LogP contribution in [-0.4, -0.2) is 23.5 Å². The summed E-state index contributed by atoms with van der Waals surface area (Å²) in [6, 6.07) is 7.95. The van der Waals surface area contributed by atoms with Crippen molar-refractivity contribution in [2.75, 3.05) is 6.54 Å². The number of thiazole rings is 1. The molecule has 1 aromatic carbocycles. The highest BCUT2D eigenvalue weighted by molar-refractivity contribution is 9.10. The van der Waals surface area contributed by atoms with Gasteiger partial charge in [0.15, 0.2) is 0 Å². The molecule has 0 aliphatic heterocycles. The molecule has 1 aromatic heterocycles. The van der Waals surface area contributed by atoms with Gasteiger partial charge in [0, 0.05) is 28.0 Å². The van der Waals surface area contributed by atoms with E-state index in [0.29, 0.717) is 6.54 Å². The minimum atomic E-state index is -0.0472. The fourth-order valence-electron chi connectivity index (χ4n) is 1.69. The summed E-state index contributed by atoms with van der Waals surface area (Å²) in [5.74, 6) is -0.0472. The van der Waals surface area contributed by atoms with E-state index in [9.17, 15) is 4.79 Å². The minimum Gasteiger partial charge on any atom is -0.352 e. The summed E-state index contributed by atoms with van der Waals surface area (Å²) < 4.78 is 1.02. The molecule has 0 fully saturated rings. The van der Waals surface area contributed by atoms with Gasteiger partial charge in [-0.2, -0.15) is 0 Å². The highest BCUT2D eigenvalue weighted by atomic mass is 79.9. The predicted octanol–water partition coefficient (Wildman–Crippen LogP) is 2.58. The van der Waals surface area contributed by atoms with Crippen molar-refractivity contribution in [3.8, 4) is 10.6 Å². The van der Waals surface area contributed by atoms with Crippen LogP contribution in [0.4, 0.5) is 0 Å². The quantitative estimate of drug-likeness (QED) is 0.867. The van der Waals surface area contributed by atoms with Crippen LogP contribution in [0.5, 0.6) is 0 Å². The number of aromatic nitrogens is 1. The van der Waals surface area contributed by atoms with Gasteiger partial charge in [-0.1, -0.05) is 28.1 Å². The highest BCUT2D eigenvalue weighted by Gasteiger charge is 2.10. The molecule has 6 heteroatoms. The molecule has 0 aliphatic rings. The van der Waals surface area contributed by atoms with Crippen LogP contribution in [-0.2, 0) is 11.2 Å². The first kappa shape index (κ1) is 15.2. The summed E-state index contributed by atoms with van der Waals surface area (Å²) in [4.78, 5) is 16.3. The zero-order chi connectivity index (χ0) is 14.5. The van der Waals surface area contributed by atoms with Crippen molar-refractivity contribution in [3.05, 3.63) is 39.8 Å². The Morgan fingerprint density at radius 3 is 3.05 bits per heavy atom. The van der Waals surface area contributed by atoms with Crippen molar-refractivity contribution in [1.29, 1.82) is 0 Å². The first-order chi connectivity index (χ1) is 9.58. The number of rotatable bonds is 5. The van der Waals surface area contributed by atoms with E-state index in [1.165, 1.54) is 0 Å². The van der Waals surface area contributed by atoms with Crippen LogP contribution in [0.2, 0.25) is 0 Å². The van der Waals surface area contributed by atoms with Crippen LogP contribution in [0, 0.1) is 0 Å². The monoisotopic (exact) mass is 353 g/mol. The molecule has 0 saturated carbocycles. The molecular formula is C14H16BrN3OS. The lowest BCUT2D eigenvalue weighted by molar-refractivity contribution is -0.121. The molecule has 4 nitrogen and oxygen atoms in total. The van der Waals surface area contributed by atoms with E-state index < -0.39 is 0 Å². The van der Waals surface area contributed by atoms with Gasteiger partial charge in [-0.15, -0.1) is 11.3 Å². The zero-order valence-corrected chi connectivity index (χ0v) is 13.5. The molecule has 0 aliphatic carbocycles. The molecule has 2 aromatic rings. The number of carbonyl (C=O) groups excluding carboxylic acids is 1. The van der Waals surface area contributed by atoms with Gasteiger partial charge >= 0.3 is 0 Å². The Balaban J connectivity index is 2.04. The summed E-state index contributed by atoms with van der Waals surface area (Å²) in [5, 5.41) is 5.67. The Bertz CT molecular complexity index is 600. The number of nitrogens with two attached hydrogens (primary N) is 1. The van der Waals surface area contributed by atoms with Gasteiger partial charge in [-0.05, 0) is 19.1 Å². The summed E-state index contributed by atoms with van der Waals surface area (Å²) in [5.41, 5.74) is 7.31. The smallest absolute Gasteiger partial charge is 0.226 e. The Hall–Kier alpha value is -1.24. The van der Waals surface area contributed by atoms with Crippen LogP contribution >= 0.6 is 27.3 Å². The molecule has 0 saturated heterocycles. The number of nitrogens with one attached hydrogen (secondary N) is 1. The maximum atomic E-state index is 11.8. The van der Waals surface area contributed by atoms with Crippen molar-refractivity contribution in [2.24, 2.45) is 5.73 Å². The Labute approximate surface area is 130 Å². The highest BCUT2D eigenvalue weighted by Crippen LogP contribution is 2.26. The molecule has 1 amide bonds. The van der Waals surface area contributed by atoms with Gasteiger partial charge in [0.25, 0.3) is 0 Å². The first-order valence-electron chi connectivity index (χ1n) is 6.28. The molecule has 0 unspecified atom stereocenters. The number of benzene rings is 1. The summed E-state index contributed by atoms with van der Waals surface area (Å²) in [6.07, 6.45) is 0.287. The van der Waals surface area contributed by atoms with Crippen LogP contribution < -0.4 is 11.1 Å². The van der Waals surface area contributed by atoms with Gasteiger partial charge in [0.1, 0.15) is 5.01 Å². The first-order valence-corrected chi connectivity index (χ1v) is 7.95. The van der Waals surface area contributed by atoms with Gasteiger partial charge in [-0.3, -0.25) is 4.79 Å². The van der Waals surface area contributed by atoms with Crippen LogP contribution in [0.3, 0.4) is 0 Å². The van der Waals surface area contributed by atoms with Crippen LogP contribution in [0.25, 0.3) is 10.6 Å². The van der Waals surface area contributed by atoms with Gasteiger partial charge in [0.2, 0.25) is 5.91 Å². The molecule has 3 N–H and O–H groups in total. The van der Waals surface area contributed by atoms with Crippen molar-refractivity contribution in [2.45, 2.75) is 19.4 Å². The molecule has 106 valence electrons. The second-order valence-corrected chi connectivity index (χ2v) is 6.31. The van der Waals surface area contributed by atoms with Crippen molar-refractivity contribution < 1.29 is 4.79 Å². The van der Waals surface area contributed by atoms with E-state index in [4.69, 9.17) is 5.73 Å². The van der Waals surface area contributed by atoms with Crippen molar-refractivity contribution in [3.63, 3.8) is 0 Å². The molecule has 2 rings (SSSR count). The maximum absolute atomic E-state index is 11.8. The number of amides is 1. The Kier molecular flexibility index (Phi) is 5.28.